The normalized spacial score (nSPS) is 14.5. The summed E-state index contributed by atoms with van der Waals surface area (Å²) in [5.41, 5.74) is 2.56. The zero-order valence-corrected chi connectivity index (χ0v) is 22.1. The molecule has 0 aromatic heterocycles. The first-order valence-electron chi connectivity index (χ1n) is 10.9. The maximum absolute atomic E-state index is 13.3. The van der Waals surface area contributed by atoms with E-state index >= 15 is 0 Å². The molecule has 1 N–H and O–H groups in total. The number of nitrogens with one attached hydrogen (secondary N) is 1. The highest BCUT2D eigenvalue weighted by Gasteiger charge is 2.35. The van der Waals surface area contributed by atoms with Crippen molar-refractivity contribution in [2.24, 2.45) is 0 Å². The number of amides is 2. The number of aryl methyl sites for hydroxylation is 1. The van der Waals surface area contributed by atoms with Gasteiger partial charge < -0.3 is 9.47 Å². The molecule has 1 aliphatic rings. The topological polar surface area (TPSA) is 111 Å². The number of benzene rings is 3. The number of nitrogens with zero attached hydrogens (tertiary/aromatic N) is 2. The Morgan fingerprint density at radius 1 is 1.08 bits per heavy atom. The van der Waals surface area contributed by atoms with Crippen LogP contribution in [-0.4, -0.2) is 29.0 Å². The standard InChI is InChI=1S/C26H20BrN3O6S/c1-15-11-18(27)6-9-21(15)29-25(32)20(24(31)28-26(29)37)12-17-5-10-22(23(13-17)35-2)36-14-16-3-7-19(8-4-16)30(33)34/h3-13H,14H2,1-2H3,(H,28,31,37)/b20-12+. The number of methoxy groups -OCH3 is 1. The maximum Gasteiger partial charge on any atom is 0.270 e. The second kappa shape index (κ2) is 10.9. The molecule has 11 heteroatoms. The number of non-ortho nitro benzene ring substituents is 1. The minimum Gasteiger partial charge on any atom is -0.493 e. The van der Waals surface area contributed by atoms with E-state index in [-0.39, 0.29) is 23.0 Å². The number of carbonyl (C=O) groups is 2. The molecule has 3 aromatic carbocycles. The van der Waals surface area contributed by atoms with Crippen LogP contribution in [0.3, 0.4) is 0 Å². The number of rotatable bonds is 7. The first kappa shape index (κ1) is 26.0. The molecule has 0 spiro atoms. The number of hydrogen-bond donors (Lipinski definition) is 1. The highest BCUT2D eigenvalue weighted by atomic mass is 79.9. The Kier molecular flexibility index (Phi) is 7.65. The average molecular weight is 582 g/mol. The Labute approximate surface area is 226 Å². The molecule has 1 fully saturated rings. The van der Waals surface area contributed by atoms with Gasteiger partial charge in [0.15, 0.2) is 16.6 Å². The van der Waals surface area contributed by atoms with Gasteiger partial charge in [-0.25, -0.2) is 0 Å². The van der Waals surface area contributed by atoms with Crippen molar-refractivity contribution in [1.82, 2.24) is 5.32 Å². The first-order chi connectivity index (χ1) is 17.7. The number of nitro groups is 1. The highest BCUT2D eigenvalue weighted by Crippen LogP contribution is 2.31. The second-order valence-electron chi connectivity index (χ2n) is 8.01. The van der Waals surface area contributed by atoms with Gasteiger partial charge in [0, 0.05) is 16.6 Å². The maximum atomic E-state index is 13.3. The van der Waals surface area contributed by atoms with Crippen LogP contribution in [0.2, 0.25) is 0 Å². The lowest BCUT2D eigenvalue weighted by atomic mass is 10.1. The fourth-order valence-corrected chi connectivity index (χ4v) is 4.43. The predicted molar refractivity (Wildman–Crippen MR) is 146 cm³/mol. The number of halogens is 1. The lowest BCUT2D eigenvalue weighted by Gasteiger charge is -2.30. The summed E-state index contributed by atoms with van der Waals surface area (Å²) < 4.78 is 12.1. The molecule has 0 saturated carbocycles. The molecule has 0 atom stereocenters. The van der Waals surface area contributed by atoms with Crippen LogP contribution in [0.15, 0.2) is 70.7 Å². The van der Waals surface area contributed by atoms with Crippen molar-refractivity contribution in [3.8, 4) is 11.5 Å². The number of hydrogen-bond acceptors (Lipinski definition) is 7. The fraction of sp³-hybridized carbons (Fsp3) is 0.115. The zero-order valence-electron chi connectivity index (χ0n) is 19.7. The van der Waals surface area contributed by atoms with Crippen LogP contribution in [0.5, 0.6) is 11.5 Å². The molecule has 1 saturated heterocycles. The summed E-state index contributed by atoms with van der Waals surface area (Å²) in [7, 11) is 1.47. The fourth-order valence-electron chi connectivity index (χ4n) is 3.68. The van der Waals surface area contributed by atoms with Crippen LogP contribution in [0.4, 0.5) is 11.4 Å². The van der Waals surface area contributed by atoms with Gasteiger partial charge >= 0.3 is 0 Å². The Morgan fingerprint density at radius 3 is 2.46 bits per heavy atom. The molecule has 3 aromatic rings. The van der Waals surface area contributed by atoms with Crippen LogP contribution < -0.4 is 19.7 Å². The van der Waals surface area contributed by atoms with Crippen LogP contribution in [0.1, 0.15) is 16.7 Å². The monoisotopic (exact) mass is 581 g/mol. The molecule has 1 heterocycles. The molecule has 9 nitrogen and oxygen atoms in total. The van der Waals surface area contributed by atoms with E-state index in [9.17, 15) is 19.7 Å². The molecule has 4 rings (SSSR count). The van der Waals surface area contributed by atoms with Crippen molar-refractivity contribution in [2.45, 2.75) is 13.5 Å². The number of ether oxygens (including phenoxy) is 2. The summed E-state index contributed by atoms with van der Waals surface area (Å²) in [6, 6.07) is 16.4. The lowest BCUT2D eigenvalue weighted by molar-refractivity contribution is -0.384. The number of thiocarbonyl (C=S) groups is 1. The van der Waals surface area contributed by atoms with Crippen molar-refractivity contribution < 1.29 is 24.0 Å². The molecule has 37 heavy (non-hydrogen) atoms. The summed E-state index contributed by atoms with van der Waals surface area (Å²) in [5, 5.41) is 13.4. The van der Waals surface area contributed by atoms with Crippen LogP contribution in [-0.2, 0) is 16.2 Å². The van der Waals surface area contributed by atoms with Gasteiger partial charge in [0.05, 0.1) is 17.7 Å². The zero-order chi connectivity index (χ0) is 26.7. The quantitative estimate of drug-likeness (QED) is 0.136. The van der Waals surface area contributed by atoms with Crippen LogP contribution in [0, 0.1) is 17.0 Å². The first-order valence-corrected chi connectivity index (χ1v) is 12.1. The Bertz CT molecular complexity index is 1460. The summed E-state index contributed by atoms with van der Waals surface area (Å²) in [6.45, 7) is 2.00. The van der Waals surface area contributed by atoms with Crippen molar-refractivity contribution in [2.75, 3.05) is 12.0 Å². The SMILES string of the molecule is COc1cc(/C=C2\C(=O)NC(=S)N(c3ccc(Br)cc3C)C2=O)ccc1OCc1ccc([N+](=O)[O-])cc1. The van der Waals surface area contributed by atoms with E-state index in [1.54, 1.807) is 42.5 Å². The molecule has 0 unspecified atom stereocenters. The van der Waals surface area contributed by atoms with E-state index in [2.05, 4.69) is 21.2 Å². The van der Waals surface area contributed by atoms with Crippen molar-refractivity contribution in [3.05, 3.63) is 97.5 Å². The van der Waals surface area contributed by atoms with Crippen LogP contribution in [0.25, 0.3) is 6.08 Å². The minimum atomic E-state index is -0.599. The Morgan fingerprint density at radius 2 is 1.81 bits per heavy atom. The molecule has 0 aliphatic carbocycles. The third-order valence-electron chi connectivity index (χ3n) is 5.54. The number of anilines is 1. The third kappa shape index (κ3) is 5.68. The highest BCUT2D eigenvalue weighted by molar-refractivity contribution is 9.10. The van der Waals surface area contributed by atoms with Gasteiger partial charge in [-0.15, -0.1) is 0 Å². The molecule has 188 valence electrons. The molecular weight excluding hydrogens is 562 g/mol. The van der Waals surface area contributed by atoms with Crippen molar-refractivity contribution >= 4 is 62.5 Å². The van der Waals surface area contributed by atoms with Gasteiger partial charge in [-0.3, -0.25) is 29.9 Å². The molecular formula is C26H20BrN3O6S. The van der Waals surface area contributed by atoms with Crippen LogP contribution >= 0.6 is 28.1 Å². The van der Waals surface area contributed by atoms with E-state index < -0.39 is 16.7 Å². The van der Waals surface area contributed by atoms with E-state index in [0.29, 0.717) is 22.7 Å². The van der Waals surface area contributed by atoms with E-state index in [0.717, 1.165) is 15.6 Å². The van der Waals surface area contributed by atoms with Crippen molar-refractivity contribution in [1.29, 1.82) is 0 Å². The average Bonchev–Trinajstić information content (AvgIpc) is 2.87. The van der Waals surface area contributed by atoms with Crippen molar-refractivity contribution in [3.63, 3.8) is 0 Å². The Balaban J connectivity index is 1.57. The van der Waals surface area contributed by atoms with Gasteiger partial charge in [0.1, 0.15) is 12.2 Å². The number of nitro benzene ring substituents is 1. The summed E-state index contributed by atoms with van der Waals surface area (Å²) >= 11 is 8.69. The van der Waals surface area contributed by atoms with Gasteiger partial charge in [0.25, 0.3) is 17.5 Å². The summed E-state index contributed by atoms with van der Waals surface area (Å²) in [4.78, 5) is 37.6. The molecule has 2 amide bonds. The van der Waals surface area contributed by atoms with Gasteiger partial charge in [-0.1, -0.05) is 22.0 Å². The predicted octanol–water partition coefficient (Wildman–Crippen LogP) is 5.08. The third-order valence-corrected chi connectivity index (χ3v) is 6.32. The Hall–Kier alpha value is -4.09. The molecule has 0 bridgehead atoms. The number of carbonyl (C=O) groups excluding carboxylic acids is 2. The van der Waals surface area contributed by atoms with Gasteiger partial charge in [-0.05, 0) is 84.4 Å². The lowest BCUT2D eigenvalue weighted by Crippen LogP contribution is -2.54. The summed E-state index contributed by atoms with van der Waals surface area (Å²) in [5.74, 6) is -0.332. The molecule has 1 aliphatic heterocycles. The van der Waals surface area contributed by atoms with E-state index in [1.807, 2.05) is 13.0 Å². The van der Waals surface area contributed by atoms with Gasteiger partial charge in [-0.2, -0.15) is 0 Å². The largest absolute Gasteiger partial charge is 0.493 e. The molecule has 0 radical (unpaired) electrons. The van der Waals surface area contributed by atoms with Gasteiger partial charge in [0.2, 0.25) is 0 Å². The summed E-state index contributed by atoms with van der Waals surface area (Å²) in [6.07, 6.45) is 1.46. The minimum absolute atomic E-state index is 0.00476. The second-order valence-corrected chi connectivity index (χ2v) is 9.31. The smallest absolute Gasteiger partial charge is 0.270 e. The van der Waals surface area contributed by atoms with E-state index in [4.69, 9.17) is 21.7 Å². The van der Waals surface area contributed by atoms with E-state index in [1.165, 1.54) is 30.2 Å².